The van der Waals surface area contributed by atoms with Crippen LogP contribution in [-0.4, -0.2) is 33.7 Å². The Morgan fingerprint density at radius 2 is 1.85 bits per heavy atom. The minimum atomic E-state index is -0.482. The highest BCUT2D eigenvalue weighted by Gasteiger charge is 2.18. The molecule has 9 heteroatoms. The van der Waals surface area contributed by atoms with Crippen LogP contribution in [0.4, 0.5) is 20.7 Å². The summed E-state index contributed by atoms with van der Waals surface area (Å²) in [6.07, 6.45) is 4.90. The van der Waals surface area contributed by atoms with Gasteiger partial charge in [-0.3, -0.25) is 0 Å². The highest BCUT2D eigenvalue weighted by Crippen LogP contribution is 2.38. The Kier molecular flexibility index (Phi) is 5.78. The molecule has 3 N–H and O–H groups in total. The summed E-state index contributed by atoms with van der Waals surface area (Å²) < 4.78 is 16.2. The van der Waals surface area contributed by atoms with Crippen LogP contribution in [0.5, 0.6) is 0 Å². The van der Waals surface area contributed by atoms with Gasteiger partial charge in [0.1, 0.15) is 11.6 Å². The van der Waals surface area contributed by atoms with Gasteiger partial charge in [0.2, 0.25) is 0 Å². The lowest BCUT2D eigenvalue weighted by atomic mass is 10.0. The first-order chi connectivity index (χ1) is 16.1. The zero-order valence-corrected chi connectivity index (χ0v) is 19.1. The van der Waals surface area contributed by atoms with E-state index < -0.39 is 11.8 Å². The number of carbonyl (C=O) groups excluding carboxylic acids is 1. The minimum absolute atomic E-state index is 0.134. The monoisotopic (exact) mass is 506 g/mol. The van der Waals surface area contributed by atoms with Crippen molar-refractivity contribution in [3.05, 3.63) is 82.7 Å². The van der Waals surface area contributed by atoms with Crippen molar-refractivity contribution in [2.45, 2.75) is 6.42 Å². The van der Waals surface area contributed by atoms with Crippen molar-refractivity contribution in [3.63, 3.8) is 0 Å². The number of nitrogens with zero attached hydrogens (tertiary/aromatic N) is 3. The van der Waals surface area contributed by atoms with E-state index >= 15 is 0 Å². The molecule has 2 aromatic heterocycles. The van der Waals surface area contributed by atoms with Crippen molar-refractivity contribution in [2.75, 3.05) is 23.7 Å². The number of carbonyl (C=O) groups is 1. The molecule has 2 heterocycles. The van der Waals surface area contributed by atoms with E-state index in [-0.39, 0.29) is 5.69 Å². The molecule has 0 spiro atoms. The number of urea groups is 1. The summed E-state index contributed by atoms with van der Waals surface area (Å²) in [6, 6.07) is 15.7. The zero-order valence-electron chi connectivity index (χ0n) is 17.5. The Bertz CT molecular complexity index is 1380. The third-order valence-corrected chi connectivity index (χ3v) is 5.78. The SMILES string of the molecule is O=C(NCCNc1cc(-c2ccccc2C2=CC2)nc2c(Br)cnn12)Nc1ccccc1F. The van der Waals surface area contributed by atoms with Crippen molar-refractivity contribution in [2.24, 2.45) is 0 Å². The number of allylic oxidation sites excluding steroid dienone is 2. The van der Waals surface area contributed by atoms with Gasteiger partial charge in [0.05, 0.1) is 22.1 Å². The van der Waals surface area contributed by atoms with E-state index in [2.05, 4.69) is 55.2 Å². The fourth-order valence-corrected chi connectivity index (χ4v) is 3.90. The summed E-state index contributed by atoms with van der Waals surface area (Å²) in [4.78, 5) is 16.9. The highest BCUT2D eigenvalue weighted by atomic mass is 79.9. The van der Waals surface area contributed by atoms with Gasteiger partial charge < -0.3 is 16.0 Å². The summed E-state index contributed by atoms with van der Waals surface area (Å²) in [5.41, 5.74) is 5.22. The van der Waals surface area contributed by atoms with E-state index in [1.54, 1.807) is 22.8 Å². The summed E-state index contributed by atoms with van der Waals surface area (Å²) >= 11 is 3.52. The van der Waals surface area contributed by atoms with Gasteiger partial charge in [-0.15, -0.1) is 0 Å². The van der Waals surface area contributed by atoms with Crippen LogP contribution in [0.25, 0.3) is 22.5 Å². The molecule has 1 aliphatic carbocycles. The number of rotatable bonds is 7. The number of hydrogen-bond acceptors (Lipinski definition) is 4. The predicted octanol–water partition coefficient (Wildman–Crippen LogP) is 5.32. The molecule has 0 atom stereocenters. The first-order valence-electron chi connectivity index (χ1n) is 10.5. The number of nitrogens with one attached hydrogen (secondary N) is 3. The van der Waals surface area contributed by atoms with E-state index in [0.29, 0.717) is 18.7 Å². The van der Waals surface area contributed by atoms with Gasteiger partial charge in [0.15, 0.2) is 5.65 Å². The summed E-state index contributed by atoms with van der Waals surface area (Å²) in [5.74, 6) is 0.264. The molecule has 1 aliphatic rings. The van der Waals surface area contributed by atoms with Gasteiger partial charge in [0.25, 0.3) is 0 Å². The number of benzene rings is 2. The quantitative estimate of drug-likeness (QED) is 0.296. The zero-order chi connectivity index (χ0) is 22.8. The number of halogens is 2. The van der Waals surface area contributed by atoms with Gasteiger partial charge in [0, 0.05) is 24.7 Å². The van der Waals surface area contributed by atoms with Crippen molar-refractivity contribution >= 4 is 44.7 Å². The molecule has 2 amide bonds. The molecule has 7 nitrogen and oxygen atoms in total. The Hall–Kier alpha value is -3.72. The molecular formula is C24H20BrFN6O. The van der Waals surface area contributed by atoms with Crippen molar-refractivity contribution in [3.8, 4) is 11.3 Å². The average Bonchev–Trinajstić information content (AvgIpc) is 3.61. The molecule has 0 aliphatic heterocycles. The highest BCUT2D eigenvalue weighted by molar-refractivity contribution is 9.10. The van der Waals surface area contributed by atoms with Crippen LogP contribution in [-0.2, 0) is 0 Å². The molecule has 4 aromatic rings. The molecule has 0 bridgehead atoms. The van der Waals surface area contributed by atoms with Crippen LogP contribution in [0.15, 0.2) is 71.3 Å². The Labute approximate surface area is 197 Å². The predicted molar refractivity (Wildman–Crippen MR) is 131 cm³/mol. The number of hydrogen-bond donors (Lipinski definition) is 3. The third kappa shape index (κ3) is 4.58. The molecule has 0 fully saturated rings. The Morgan fingerprint density at radius 1 is 1.09 bits per heavy atom. The second-order valence-corrected chi connectivity index (χ2v) is 8.38. The molecule has 0 saturated heterocycles. The third-order valence-electron chi connectivity index (χ3n) is 5.22. The summed E-state index contributed by atoms with van der Waals surface area (Å²) in [7, 11) is 0. The van der Waals surface area contributed by atoms with Crippen LogP contribution in [0.2, 0.25) is 0 Å². The van der Waals surface area contributed by atoms with Crippen molar-refractivity contribution < 1.29 is 9.18 Å². The molecule has 0 radical (unpaired) electrons. The van der Waals surface area contributed by atoms with Gasteiger partial charge >= 0.3 is 6.03 Å². The first kappa shape index (κ1) is 21.1. The van der Waals surface area contributed by atoms with Crippen LogP contribution in [0.1, 0.15) is 12.0 Å². The van der Waals surface area contributed by atoms with Crippen LogP contribution < -0.4 is 16.0 Å². The number of aromatic nitrogens is 3. The lowest BCUT2D eigenvalue weighted by Gasteiger charge is -2.13. The lowest BCUT2D eigenvalue weighted by molar-refractivity contribution is 0.252. The topological polar surface area (TPSA) is 83.3 Å². The molecule has 2 aromatic carbocycles. The largest absolute Gasteiger partial charge is 0.368 e. The fraction of sp³-hybridized carbons (Fsp3) is 0.125. The van der Waals surface area contributed by atoms with Crippen LogP contribution in [0.3, 0.4) is 0 Å². The summed E-state index contributed by atoms with van der Waals surface area (Å²) in [6.45, 7) is 0.763. The van der Waals surface area contributed by atoms with Gasteiger partial charge in [-0.2, -0.15) is 9.61 Å². The van der Waals surface area contributed by atoms with Crippen LogP contribution in [0, 0.1) is 5.82 Å². The smallest absolute Gasteiger partial charge is 0.319 e. The number of fused-ring (bicyclic) bond motifs is 1. The number of anilines is 2. The maximum Gasteiger partial charge on any atom is 0.319 e. The van der Waals surface area contributed by atoms with Gasteiger partial charge in [-0.1, -0.05) is 42.5 Å². The number of para-hydroxylation sites is 1. The van der Waals surface area contributed by atoms with Gasteiger partial charge in [-0.25, -0.2) is 14.2 Å². The maximum atomic E-state index is 13.7. The Balaban J connectivity index is 1.31. The summed E-state index contributed by atoms with van der Waals surface area (Å²) in [5, 5.41) is 12.9. The molecule has 0 saturated carbocycles. The van der Waals surface area contributed by atoms with Gasteiger partial charge in [-0.05, 0) is 45.6 Å². The second kappa shape index (κ2) is 9.03. The normalized spacial score (nSPS) is 12.4. The van der Waals surface area contributed by atoms with Crippen molar-refractivity contribution in [1.29, 1.82) is 0 Å². The van der Waals surface area contributed by atoms with E-state index in [1.807, 2.05) is 18.2 Å². The first-order valence-corrected chi connectivity index (χ1v) is 11.3. The standard InChI is InChI=1S/C24H20BrFN6O/c25-18-14-29-32-22(27-11-12-28-24(33)31-20-8-4-3-7-19(20)26)13-21(30-23(18)32)17-6-2-1-5-16(17)15-9-10-15/h1-9,13-14,27H,10-12H2,(H2,28,31,33). The second-order valence-electron chi connectivity index (χ2n) is 7.52. The number of amides is 2. The van der Waals surface area contributed by atoms with Crippen LogP contribution >= 0.6 is 15.9 Å². The van der Waals surface area contributed by atoms with E-state index in [4.69, 9.17) is 4.98 Å². The molecular weight excluding hydrogens is 487 g/mol. The maximum absolute atomic E-state index is 13.7. The molecule has 0 unspecified atom stereocenters. The fourth-order valence-electron chi connectivity index (χ4n) is 3.55. The van der Waals surface area contributed by atoms with E-state index in [9.17, 15) is 9.18 Å². The van der Waals surface area contributed by atoms with Crippen molar-refractivity contribution in [1.82, 2.24) is 19.9 Å². The van der Waals surface area contributed by atoms with E-state index in [1.165, 1.54) is 23.3 Å². The molecule has 5 rings (SSSR count). The Morgan fingerprint density at radius 3 is 2.64 bits per heavy atom. The minimum Gasteiger partial charge on any atom is -0.368 e. The van der Waals surface area contributed by atoms with E-state index in [0.717, 1.165) is 28.0 Å². The molecule has 166 valence electrons. The molecule has 33 heavy (non-hydrogen) atoms. The lowest BCUT2D eigenvalue weighted by Crippen LogP contribution is -2.33. The average molecular weight is 507 g/mol.